The summed E-state index contributed by atoms with van der Waals surface area (Å²) in [6.45, 7) is 3.44. The lowest BCUT2D eigenvalue weighted by Crippen LogP contribution is -2.07. The van der Waals surface area contributed by atoms with E-state index in [0.29, 0.717) is 0 Å². The summed E-state index contributed by atoms with van der Waals surface area (Å²) in [5, 5.41) is 8.56. The number of Topliss-reactive ketones (excluding diaryl/α,β-unsaturated/α-hetero) is 1. The number of nitriles is 1. The van der Waals surface area contributed by atoms with Crippen LogP contribution in [-0.4, -0.2) is 5.78 Å². The number of aryl methyl sites for hydroxylation is 1. The highest BCUT2D eigenvalue weighted by Gasteiger charge is 2.14. The highest BCUT2D eigenvalue weighted by Crippen LogP contribution is 2.14. The van der Waals surface area contributed by atoms with E-state index in [1.165, 1.54) is 12.1 Å². The van der Waals surface area contributed by atoms with Crippen molar-refractivity contribution in [2.24, 2.45) is 5.92 Å². The van der Waals surface area contributed by atoms with Crippen LogP contribution >= 0.6 is 0 Å². The third kappa shape index (κ3) is 2.88. The van der Waals surface area contributed by atoms with E-state index in [1.54, 1.807) is 19.9 Å². The predicted molar refractivity (Wildman–Crippen MR) is 54.9 cm³/mol. The molecular formula is C12H12FNO. The molecule has 0 radical (unpaired) electrons. The van der Waals surface area contributed by atoms with E-state index in [1.807, 2.05) is 6.07 Å². The minimum atomic E-state index is -0.518. The Labute approximate surface area is 88.3 Å². The van der Waals surface area contributed by atoms with Crippen LogP contribution in [-0.2, 0) is 0 Å². The van der Waals surface area contributed by atoms with E-state index in [0.717, 1.165) is 5.56 Å². The van der Waals surface area contributed by atoms with Crippen LogP contribution in [0.25, 0.3) is 0 Å². The zero-order valence-electron chi connectivity index (χ0n) is 8.75. The molecule has 0 heterocycles. The van der Waals surface area contributed by atoms with Gasteiger partial charge in [0.2, 0.25) is 0 Å². The molecule has 1 atom stereocenters. The molecule has 0 aromatic heterocycles. The van der Waals surface area contributed by atoms with Crippen LogP contribution < -0.4 is 0 Å². The maximum atomic E-state index is 13.3. The van der Waals surface area contributed by atoms with Gasteiger partial charge in [-0.2, -0.15) is 5.26 Å². The molecule has 0 aliphatic heterocycles. The van der Waals surface area contributed by atoms with Crippen molar-refractivity contribution >= 4 is 5.78 Å². The lowest BCUT2D eigenvalue weighted by molar-refractivity contribution is 0.0969. The molecule has 0 aliphatic rings. The predicted octanol–water partition coefficient (Wildman–Crippen LogP) is 2.87. The molecular weight excluding hydrogens is 193 g/mol. The Balaban J connectivity index is 2.92. The van der Waals surface area contributed by atoms with Crippen molar-refractivity contribution in [3.05, 3.63) is 35.1 Å². The largest absolute Gasteiger partial charge is 0.294 e. The molecule has 0 aliphatic carbocycles. The Bertz CT molecular complexity index is 420. The lowest BCUT2D eigenvalue weighted by atomic mass is 9.99. The molecule has 0 bridgehead atoms. The van der Waals surface area contributed by atoms with Gasteiger partial charge in [-0.05, 0) is 26.0 Å². The molecule has 0 fully saturated rings. The molecule has 0 saturated carbocycles. The van der Waals surface area contributed by atoms with Gasteiger partial charge in [0.15, 0.2) is 5.78 Å². The number of rotatable bonds is 3. The summed E-state index contributed by atoms with van der Waals surface area (Å²) in [5.41, 5.74) is 0.918. The molecule has 3 heteroatoms. The number of carbonyl (C=O) groups is 1. The summed E-state index contributed by atoms with van der Waals surface area (Å²) in [6, 6.07) is 6.36. The summed E-state index contributed by atoms with van der Waals surface area (Å²) < 4.78 is 13.3. The topological polar surface area (TPSA) is 40.9 Å². The summed E-state index contributed by atoms with van der Waals surface area (Å²) >= 11 is 0. The van der Waals surface area contributed by atoms with Gasteiger partial charge >= 0.3 is 0 Å². The fourth-order valence-corrected chi connectivity index (χ4v) is 1.29. The van der Waals surface area contributed by atoms with Crippen molar-refractivity contribution in [2.75, 3.05) is 0 Å². The Kier molecular flexibility index (Phi) is 3.56. The van der Waals surface area contributed by atoms with E-state index >= 15 is 0 Å². The molecule has 0 amide bonds. The molecule has 1 aromatic rings. The van der Waals surface area contributed by atoms with Gasteiger partial charge in [-0.1, -0.05) is 11.6 Å². The van der Waals surface area contributed by atoms with Gasteiger partial charge in [0.05, 0.1) is 17.6 Å². The number of halogens is 1. The number of carbonyl (C=O) groups excluding carboxylic acids is 1. The standard InChI is InChI=1S/C12H12FNO/c1-8-3-4-11(13)10(5-8)12(15)6-9(2)7-14/h3-5,9H,6H2,1-2H3. The highest BCUT2D eigenvalue weighted by molar-refractivity contribution is 5.96. The molecule has 2 nitrogen and oxygen atoms in total. The molecule has 1 aromatic carbocycles. The molecule has 1 rings (SSSR count). The average molecular weight is 205 g/mol. The SMILES string of the molecule is Cc1ccc(F)c(C(=O)CC(C)C#N)c1. The van der Waals surface area contributed by atoms with Crippen molar-refractivity contribution in [3.8, 4) is 6.07 Å². The van der Waals surface area contributed by atoms with Gasteiger partial charge in [-0.3, -0.25) is 4.79 Å². The first-order chi connectivity index (χ1) is 7.04. The molecule has 78 valence electrons. The Morgan fingerprint density at radius 3 is 2.87 bits per heavy atom. The lowest BCUT2D eigenvalue weighted by Gasteiger charge is -2.04. The van der Waals surface area contributed by atoms with Gasteiger partial charge in [0.1, 0.15) is 5.82 Å². The number of hydrogen-bond acceptors (Lipinski definition) is 2. The van der Waals surface area contributed by atoms with Crippen LogP contribution in [0, 0.1) is 30.0 Å². The Morgan fingerprint density at radius 2 is 2.27 bits per heavy atom. The molecule has 1 unspecified atom stereocenters. The second-order valence-corrected chi connectivity index (χ2v) is 3.64. The monoisotopic (exact) mass is 205 g/mol. The summed E-state index contributed by atoms with van der Waals surface area (Å²) in [5.74, 6) is -1.21. The van der Waals surface area contributed by atoms with Crippen LogP contribution in [0.3, 0.4) is 0 Å². The van der Waals surface area contributed by atoms with Gasteiger partial charge < -0.3 is 0 Å². The van der Waals surface area contributed by atoms with E-state index in [4.69, 9.17) is 5.26 Å². The maximum Gasteiger partial charge on any atom is 0.167 e. The second-order valence-electron chi connectivity index (χ2n) is 3.64. The first kappa shape index (κ1) is 11.4. The van der Waals surface area contributed by atoms with Crippen molar-refractivity contribution < 1.29 is 9.18 Å². The average Bonchev–Trinajstić information content (AvgIpc) is 2.21. The molecule has 15 heavy (non-hydrogen) atoms. The number of ketones is 1. The minimum Gasteiger partial charge on any atom is -0.294 e. The van der Waals surface area contributed by atoms with Crippen LogP contribution in [0.2, 0.25) is 0 Å². The van der Waals surface area contributed by atoms with Crippen LogP contribution in [0.1, 0.15) is 29.3 Å². The molecule has 0 saturated heterocycles. The summed E-state index contributed by atoms with van der Waals surface area (Å²) in [7, 11) is 0. The van der Waals surface area contributed by atoms with Crippen LogP contribution in [0.15, 0.2) is 18.2 Å². The number of hydrogen-bond donors (Lipinski definition) is 0. The van der Waals surface area contributed by atoms with Gasteiger partial charge in [-0.15, -0.1) is 0 Å². The van der Waals surface area contributed by atoms with Gasteiger partial charge in [0.25, 0.3) is 0 Å². The van der Waals surface area contributed by atoms with E-state index in [-0.39, 0.29) is 23.7 Å². The normalized spacial score (nSPS) is 11.9. The van der Waals surface area contributed by atoms with Gasteiger partial charge in [0, 0.05) is 6.42 Å². The molecule has 0 N–H and O–H groups in total. The Morgan fingerprint density at radius 1 is 1.60 bits per heavy atom. The van der Waals surface area contributed by atoms with Crippen LogP contribution in [0.5, 0.6) is 0 Å². The summed E-state index contributed by atoms with van der Waals surface area (Å²) in [6.07, 6.45) is 0.0663. The van der Waals surface area contributed by atoms with Gasteiger partial charge in [-0.25, -0.2) is 4.39 Å². The number of benzene rings is 1. The van der Waals surface area contributed by atoms with Crippen molar-refractivity contribution in [3.63, 3.8) is 0 Å². The quantitative estimate of drug-likeness (QED) is 0.712. The zero-order valence-corrected chi connectivity index (χ0v) is 8.75. The third-order valence-electron chi connectivity index (χ3n) is 2.13. The van der Waals surface area contributed by atoms with E-state index in [9.17, 15) is 9.18 Å². The maximum absolute atomic E-state index is 13.3. The summed E-state index contributed by atoms with van der Waals surface area (Å²) in [4.78, 5) is 11.6. The number of nitrogens with zero attached hydrogens (tertiary/aromatic N) is 1. The first-order valence-corrected chi connectivity index (χ1v) is 4.73. The fraction of sp³-hybridized carbons (Fsp3) is 0.333. The van der Waals surface area contributed by atoms with Crippen molar-refractivity contribution in [1.29, 1.82) is 5.26 Å². The van der Waals surface area contributed by atoms with Crippen LogP contribution in [0.4, 0.5) is 4.39 Å². The van der Waals surface area contributed by atoms with E-state index in [2.05, 4.69) is 0 Å². The minimum absolute atomic E-state index is 0.0663. The molecule has 0 spiro atoms. The Hall–Kier alpha value is -1.69. The highest BCUT2D eigenvalue weighted by atomic mass is 19.1. The zero-order chi connectivity index (χ0) is 11.4. The van der Waals surface area contributed by atoms with E-state index < -0.39 is 5.82 Å². The fourth-order valence-electron chi connectivity index (χ4n) is 1.29. The van der Waals surface area contributed by atoms with Crippen molar-refractivity contribution in [2.45, 2.75) is 20.3 Å². The smallest absolute Gasteiger partial charge is 0.167 e. The third-order valence-corrected chi connectivity index (χ3v) is 2.13. The first-order valence-electron chi connectivity index (χ1n) is 4.73. The second kappa shape index (κ2) is 4.70. The van der Waals surface area contributed by atoms with Crippen molar-refractivity contribution in [1.82, 2.24) is 0 Å².